The summed E-state index contributed by atoms with van der Waals surface area (Å²) in [4.78, 5) is 10.3. The molecule has 1 N–H and O–H groups in total. The number of rotatable bonds is 1. The summed E-state index contributed by atoms with van der Waals surface area (Å²) in [5.74, 6) is 0. The predicted octanol–water partition coefficient (Wildman–Crippen LogP) is 1.95. The van der Waals surface area contributed by atoms with Crippen LogP contribution in [0.2, 0.25) is 0 Å². The zero-order valence-electron chi connectivity index (χ0n) is 7.28. The summed E-state index contributed by atoms with van der Waals surface area (Å²) < 4.78 is 0. The third kappa shape index (κ3) is 1.24. The van der Waals surface area contributed by atoms with Gasteiger partial charge >= 0.3 is 0 Å². The van der Waals surface area contributed by atoms with E-state index in [0.29, 0.717) is 6.04 Å². The van der Waals surface area contributed by atoms with Gasteiger partial charge in [-0.15, -0.1) is 0 Å². The highest BCUT2D eigenvalue weighted by Gasteiger charge is 2.24. The van der Waals surface area contributed by atoms with Gasteiger partial charge in [0.05, 0.1) is 10.5 Å². The smallest absolute Gasteiger partial charge is 0.274 e. The van der Waals surface area contributed by atoms with Gasteiger partial charge in [-0.25, -0.2) is 0 Å². The van der Waals surface area contributed by atoms with Crippen LogP contribution >= 0.6 is 0 Å². The lowest BCUT2D eigenvalue weighted by Gasteiger charge is -2.00. The molecule has 68 valence electrons. The summed E-state index contributed by atoms with van der Waals surface area (Å²) in [6.45, 7) is 2.02. The third-order valence-corrected chi connectivity index (χ3v) is 2.26. The summed E-state index contributed by atoms with van der Waals surface area (Å²) in [5.41, 5.74) is 1.97. The van der Waals surface area contributed by atoms with Crippen molar-refractivity contribution in [3.8, 4) is 0 Å². The highest BCUT2D eigenvalue weighted by atomic mass is 16.6. The molecule has 0 aliphatic carbocycles. The molecule has 13 heavy (non-hydrogen) atoms. The quantitative estimate of drug-likeness (QED) is 0.528. The second-order valence-corrected chi connectivity index (χ2v) is 3.31. The lowest BCUT2D eigenvalue weighted by Crippen LogP contribution is -2.08. The van der Waals surface area contributed by atoms with Crippen LogP contribution in [0.4, 0.5) is 11.4 Å². The number of nitrogens with one attached hydrogen (secondary N) is 1. The van der Waals surface area contributed by atoms with E-state index in [0.717, 1.165) is 17.7 Å². The summed E-state index contributed by atoms with van der Waals surface area (Å²) in [5, 5.41) is 13.8. The minimum atomic E-state index is -0.321. The van der Waals surface area contributed by atoms with Gasteiger partial charge in [-0.1, -0.05) is 6.07 Å². The average molecular weight is 178 g/mol. The first-order valence-electron chi connectivity index (χ1n) is 4.21. The van der Waals surface area contributed by atoms with Gasteiger partial charge in [0.1, 0.15) is 0 Å². The van der Waals surface area contributed by atoms with E-state index in [-0.39, 0.29) is 10.6 Å². The van der Waals surface area contributed by atoms with E-state index in [1.165, 1.54) is 0 Å². The zero-order valence-corrected chi connectivity index (χ0v) is 7.28. The molecule has 0 spiro atoms. The molecule has 1 aliphatic heterocycles. The van der Waals surface area contributed by atoms with Crippen molar-refractivity contribution in [2.45, 2.75) is 19.4 Å². The van der Waals surface area contributed by atoms with Crippen molar-refractivity contribution < 1.29 is 4.92 Å². The van der Waals surface area contributed by atoms with Gasteiger partial charge in [-0.3, -0.25) is 10.1 Å². The Morgan fingerprint density at radius 3 is 3.08 bits per heavy atom. The molecule has 0 bridgehead atoms. The maximum absolute atomic E-state index is 10.6. The maximum atomic E-state index is 10.6. The third-order valence-electron chi connectivity index (χ3n) is 2.26. The first kappa shape index (κ1) is 8.04. The van der Waals surface area contributed by atoms with E-state index in [9.17, 15) is 10.1 Å². The van der Waals surface area contributed by atoms with Crippen LogP contribution in [0.5, 0.6) is 0 Å². The molecule has 1 aromatic carbocycles. The second kappa shape index (κ2) is 2.73. The number of nitro benzene ring substituents is 1. The summed E-state index contributed by atoms with van der Waals surface area (Å²) >= 11 is 0. The molecule has 2 rings (SSSR count). The highest BCUT2D eigenvalue weighted by Crippen LogP contribution is 2.32. The first-order chi connectivity index (χ1) is 6.18. The Kier molecular flexibility index (Phi) is 1.69. The first-order valence-corrected chi connectivity index (χ1v) is 4.21. The fraction of sp³-hybridized carbons (Fsp3) is 0.333. The Morgan fingerprint density at radius 1 is 1.62 bits per heavy atom. The molecule has 0 amide bonds. The number of nitrogens with zero attached hydrogens (tertiary/aromatic N) is 1. The highest BCUT2D eigenvalue weighted by molar-refractivity contribution is 5.64. The zero-order chi connectivity index (χ0) is 9.42. The van der Waals surface area contributed by atoms with Gasteiger partial charge < -0.3 is 5.32 Å². The van der Waals surface area contributed by atoms with Crippen molar-refractivity contribution in [3.63, 3.8) is 0 Å². The van der Waals surface area contributed by atoms with E-state index in [2.05, 4.69) is 5.32 Å². The van der Waals surface area contributed by atoms with Crippen molar-refractivity contribution in [3.05, 3.63) is 33.9 Å². The van der Waals surface area contributed by atoms with Crippen molar-refractivity contribution in [2.24, 2.45) is 0 Å². The largest absolute Gasteiger partial charge is 0.382 e. The Labute approximate surface area is 75.7 Å². The normalized spacial score (nSPS) is 19.3. The number of fused-ring (bicyclic) bond motifs is 1. The number of benzene rings is 1. The van der Waals surface area contributed by atoms with Crippen molar-refractivity contribution >= 4 is 11.4 Å². The maximum Gasteiger partial charge on any atom is 0.274 e. The number of hydrogen-bond acceptors (Lipinski definition) is 3. The Morgan fingerprint density at radius 2 is 2.38 bits per heavy atom. The van der Waals surface area contributed by atoms with Crippen LogP contribution in [0.1, 0.15) is 12.5 Å². The molecule has 4 heteroatoms. The van der Waals surface area contributed by atoms with Crippen molar-refractivity contribution in [1.29, 1.82) is 0 Å². The molecule has 1 aliphatic rings. The lowest BCUT2D eigenvalue weighted by molar-refractivity contribution is -0.385. The number of anilines is 1. The van der Waals surface area contributed by atoms with E-state index < -0.39 is 0 Å². The fourth-order valence-corrected chi connectivity index (χ4v) is 1.72. The minimum Gasteiger partial charge on any atom is -0.382 e. The molecular weight excluding hydrogens is 168 g/mol. The monoisotopic (exact) mass is 178 g/mol. The van der Waals surface area contributed by atoms with Gasteiger partial charge in [0.2, 0.25) is 0 Å². The topological polar surface area (TPSA) is 55.2 Å². The van der Waals surface area contributed by atoms with Gasteiger partial charge in [0.15, 0.2) is 0 Å². The standard InChI is InChI=1S/C9H10N2O2/c1-6-5-7-8(10-6)3-2-4-9(7)11(12)13/h2-4,6,10H,5H2,1H3/t6-/m1/s1. The van der Waals surface area contributed by atoms with Crippen LogP contribution < -0.4 is 5.32 Å². The van der Waals surface area contributed by atoms with E-state index in [1.807, 2.05) is 13.0 Å². The summed E-state index contributed by atoms with van der Waals surface area (Å²) in [6, 6.07) is 5.45. The van der Waals surface area contributed by atoms with Crippen LogP contribution in [0, 0.1) is 10.1 Å². The predicted molar refractivity (Wildman–Crippen MR) is 49.9 cm³/mol. The molecule has 1 atom stereocenters. The summed E-state index contributed by atoms with van der Waals surface area (Å²) in [7, 11) is 0. The van der Waals surface area contributed by atoms with Gasteiger partial charge in [0.25, 0.3) is 5.69 Å². The number of nitro groups is 1. The molecule has 0 radical (unpaired) electrons. The van der Waals surface area contributed by atoms with Crippen LogP contribution in [-0.4, -0.2) is 11.0 Å². The van der Waals surface area contributed by atoms with Gasteiger partial charge in [-0.2, -0.15) is 0 Å². The molecular formula is C9H10N2O2. The molecule has 0 saturated heterocycles. The fourth-order valence-electron chi connectivity index (χ4n) is 1.72. The van der Waals surface area contributed by atoms with Crippen LogP contribution in [0.3, 0.4) is 0 Å². The van der Waals surface area contributed by atoms with E-state index in [1.54, 1.807) is 12.1 Å². The van der Waals surface area contributed by atoms with Gasteiger partial charge in [-0.05, 0) is 13.0 Å². The number of hydrogen-bond donors (Lipinski definition) is 1. The average Bonchev–Trinajstić information content (AvgIpc) is 2.43. The molecule has 0 fully saturated rings. The van der Waals surface area contributed by atoms with E-state index in [4.69, 9.17) is 0 Å². The molecule has 1 aromatic rings. The molecule has 0 unspecified atom stereocenters. The second-order valence-electron chi connectivity index (χ2n) is 3.31. The SMILES string of the molecule is C[C@@H]1Cc2c(cccc2[N+](=O)[O-])N1. The van der Waals surface area contributed by atoms with Crippen molar-refractivity contribution in [2.75, 3.05) is 5.32 Å². The minimum absolute atomic E-state index is 0.231. The van der Waals surface area contributed by atoms with E-state index >= 15 is 0 Å². The Hall–Kier alpha value is -1.58. The molecule has 0 saturated carbocycles. The Balaban J connectivity index is 2.51. The lowest BCUT2D eigenvalue weighted by atomic mass is 10.1. The summed E-state index contributed by atoms with van der Waals surface area (Å²) in [6.07, 6.45) is 0.743. The van der Waals surface area contributed by atoms with Crippen molar-refractivity contribution in [1.82, 2.24) is 0 Å². The molecule has 4 nitrogen and oxygen atoms in total. The van der Waals surface area contributed by atoms with Crippen LogP contribution in [0.25, 0.3) is 0 Å². The molecule has 1 heterocycles. The van der Waals surface area contributed by atoms with Gasteiger partial charge in [0, 0.05) is 24.2 Å². The Bertz CT molecular complexity index is 363. The van der Waals surface area contributed by atoms with Crippen LogP contribution in [-0.2, 0) is 6.42 Å². The van der Waals surface area contributed by atoms with Crippen LogP contribution in [0.15, 0.2) is 18.2 Å². The molecule has 0 aromatic heterocycles.